The van der Waals surface area contributed by atoms with Crippen LogP contribution in [0.4, 0.5) is 8.78 Å². The van der Waals surface area contributed by atoms with Crippen molar-refractivity contribution in [2.45, 2.75) is 0 Å². The topological polar surface area (TPSA) is 9.23 Å². The first-order valence-electron chi connectivity index (χ1n) is 3.57. The van der Waals surface area contributed by atoms with Crippen molar-refractivity contribution in [1.29, 1.82) is 0 Å². The molecule has 0 heterocycles. The molecule has 0 radical (unpaired) electrons. The molecular weight excluding hydrogens is 198 g/mol. The molecule has 0 unspecified atom stereocenters. The van der Waals surface area contributed by atoms with Gasteiger partial charge in [-0.05, 0) is 18.2 Å². The van der Waals surface area contributed by atoms with Crippen LogP contribution in [0.25, 0.3) is 0 Å². The molecule has 0 aliphatic carbocycles. The Morgan fingerprint density at radius 3 is 2.69 bits per heavy atom. The Balaban J connectivity index is 2.63. The van der Waals surface area contributed by atoms with Gasteiger partial charge in [0, 0.05) is 11.6 Å². The molecule has 0 atom stereocenters. The molecule has 0 amide bonds. The summed E-state index contributed by atoms with van der Waals surface area (Å²) < 4.78 is 30.0. The Morgan fingerprint density at radius 1 is 1.31 bits per heavy atom. The standard InChI is InChI=1S/C9H7ClF2O/c10-4-1-5-13-7-2-3-8(11)9(12)6-7/h1-4,6H,5H2/b4-1-. The van der Waals surface area contributed by atoms with Crippen LogP contribution in [0, 0.1) is 11.6 Å². The lowest BCUT2D eigenvalue weighted by Gasteiger charge is -2.02. The van der Waals surface area contributed by atoms with Crippen LogP contribution in [-0.4, -0.2) is 6.61 Å². The molecule has 1 aromatic rings. The predicted molar refractivity (Wildman–Crippen MR) is 46.8 cm³/mol. The Hall–Kier alpha value is -1.09. The second kappa shape index (κ2) is 4.82. The molecule has 4 heteroatoms. The van der Waals surface area contributed by atoms with Gasteiger partial charge in [0.1, 0.15) is 12.4 Å². The van der Waals surface area contributed by atoms with Crippen LogP contribution < -0.4 is 4.74 Å². The monoisotopic (exact) mass is 204 g/mol. The van der Waals surface area contributed by atoms with E-state index in [2.05, 4.69) is 0 Å². The van der Waals surface area contributed by atoms with Gasteiger partial charge in [-0.2, -0.15) is 0 Å². The molecule has 0 aliphatic heterocycles. The van der Waals surface area contributed by atoms with E-state index in [0.29, 0.717) is 0 Å². The van der Waals surface area contributed by atoms with E-state index in [1.807, 2.05) is 0 Å². The van der Waals surface area contributed by atoms with E-state index in [1.165, 1.54) is 11.6 Å². The summed E-state index contributed by atoms with van der Waals surface area (Å²) in [6, 6.07) is 3.34. The van der Waals surface area contributed by atoms with Gasteiger partial charge in [-0.15, -0.1) is 0 Å². The van der Waals surface area contributed by atoms with Gasteiger partial charge in [0.2, 0.25) is 0 Å². The number of ether oxygens (including phenoxy) is 1. The maximum absolute atomic E-state index is 12.6. The highest BCUT2D eigenvalue weighted by Crippen LogP contribution is 2.15. The minimum Gasteiger partial charge on any atom is -0.489 e. The summed E-state index contributed by atoms with van der Waals surface area (Å²) in [7, 11) is 0. The Morgan fingerprint density at radius 2 is 2.08 bits per heavy atom. The van der Waals surface area contributed by atoms with Crippen molar-refractivity contribution in [2.75, 3.05) is 6.61 Å². The fourth-order valence-electron chi connectivity index (χ4n) is 0.747. The summed E-state index contributed by atoms with van der Waals surface area (Å²) in [6.45, 7) is 0.231. The highest BCUT2D eigenvalue weighted by Gasteiger charge is 2.01. The first-order valence-corrected chi connectivity index (χ1v) is 4.01. The predicted octanol–water partition coefficient (Wildman–Crippen LogP) is 3.10. The van der Waals surface area contributed by atoms with E-state index in [1.54, 1.807) is 6.08 Å². The normalized spacial score (nSPS) is 10.7. The highest BCUT2D eigenvalue weighted by molar-refractivity contribution is 6.25. The zero-order chi connectivity index (χ0) is 9.68. The molecule has 1 aromatic carbocycles. The van der Waals surface area contributed by atoms with Crippen LogP contribution in [-0.2, 0) is 0 Å². The number of halogens is 3. The third-order valence-corrected chi connectivity index (χ3v) is 1.50. The molecule has 1 nitrogen and oxygen atoms in total. The summed E-state index contributed by atoms with van der Waals surface area (Å²) in [5.41, 5.74) is 1.29. The quantitative estimate of drug-likeness (QED) is 0.735. The molecule has 0 aliphatic rings. The number of hydrogen-bond acceptors (Lipinski definition) is 1. The van der Waals surface area contributed by atoms with Gasteiger partial charge >= 0.3 is 0 Å². The summed E-state index contributed by atoms with van der Waals surface area (Å²) in [6.07, 6.45) is 1.54. The minimum absolute atomic E-state index is 0.231. The van der Waals surface area contributed by atoms with Gasteiger partial charge in [-0.3, -0.25) is 0 Å². The van der Waals surface area contributed by atoms with E-state index in [4.69, 9.17) is 16.3 Å². The van der Waals surface area contributed by atoms with Crippen LogP contribution in [0.15, 0.2) is 29.8 Å². The molecule has 1 rings (SSSR count). The molecule has 0 saturated carbocycles. The Kier molecular flexibility index (Phi) is 3.71. The first-order chi connectivity index (χ1) is 6.24. The largest absolute Gasteiger partial charge is 0.489 e. The molecule has 13 heavy (non-hydrogen) atoms. The second-order valence-corrected chi connectivity index (χ2v) is 2.50. The molecule has 0 bridgehead atoms. The van der Waals surface area contributed by atoms with Crippen molar-refractivity contribution in [1.82, 2.24) is 0 Å². The summed E-state index contributed by atoms with van der Waals surface area (Å²) in [5, 5.41) is 0. The SMILES string of the molecule is Fc1ccc(OC/C=C\Cl)cc1F. The van der Waals surface area contributed by atoms with E-state index in [9.17, 15) is 8.78 Å². The van der Waals surface area contributed by atoms with Crippen LogP contribution >= 0.6 is 11.6 Å². The van der Waals surface area contributed by atoms with Crippen molar-refractivity contribution in [3.63, 3.8) is 0 Å². The summed E-state index contributed by atoms with van der Waals surface area (Å²) in [5.74, 6) is -1.54. The fraction of sp³-hybridized carbons (Fsp3) is 0.111. The van der Waals surface area contributed by atoms with E-state index in [0.717, 1.165) is 12.1 Å². The zero-order valence-electron chi connectivity index (χ0n) is 6.64. The fourth-order valence-corrected chi connectivity index (χ4v) is 0.820. The van der Waals surface area contributed by atoms with Crippen LogP contribution in [0.3, 0.4) is 0 Å². The zero-order valence-corrected chi connectivity index (χ0v) is 7.39. The van der Waals surface area contributed by atoms with Crippen LogP contribution in [0.5, 0.6) is 5.75 Å². The van der Waals surface area contributed by atoms with E-state index in [-0.39, 0.29) is 12.4 Å². The Bertz CT molecular complexity index is 312. The smallest absolute Gasteiger partial charge is 0.162 e. The first kappa shape index (κ1) is 9.99. The van der Waals surface area contributed by atoms with Crippen molar-refractivity contribution >= 4 is 11.6 Å². The third-order valence-electron chi connectivity index (χ3n) is 1.33. The average Bonchev–Trinajstić information content (AvgIpc) is 2.12. The van der Waals surface area contributed by atoms with Crippen molar-refractivity contribution in [3.8, 4) is 5.75 Å². The highest BCUT2D eigenvalue weighted by atomic mass is 35.5. The molecule has 70 valence electrons. The number of rotatable bonds is 3. The van der Waals surface area contributed by atoms with Crippen molar-refractivity contribution in [3.05, 3.63) is 41.4 Å². The molecule has 0 fully saturated rings. The van der Waals surface area contributed by atoms with Gasteiger partial charge in [0.25, 0.3) is 0 Å². The van der Waals surface area contributed by atoms with Crippen LogP contribution in [0.2, 0.25) is 0 Å². The van der Waals surface area contributed by atoms with Gasteiger partial charge in [0.15, 0.2) is 11.6 Å². The average molecular weight is 205 g/mol. The number of hydrogen-bond donors (Lipinski definition) is 0. The summed E-state index contributed by atoms with van der Waals surface area (Å²) in [4.78, 5) is 0. The van der Waals surface area contributed by atoms with Gasteiger partial charge in [0.05, 0.1) is 0 Å². The molecule has 0 spiro atoms. The van der Waals surface area contributed by atoms with Crippen molar-refractivity contribution in [2.24, 2.45) is 0 Å². The van der Waals surface area contributed by atoms with Gasteiger partial charge in [-0.25, -0.2) is 8.78 Å². The maximum atomic E-state index is 12.6. The lowest BCUT2D eigenvalue weighted by atomic mass is 10.3. The summed E-state index contributed by atoms with van der Waals surface area (Å²) >= 11 is 5.23. The Labute approximate surface area is 79.6 Å². The molecule has 0 saturated heterocycles. The maximum Gasteiger partial charge on any atom is 0.162 e. The molecular formula is C9H7ClF2O. The van der Waals surface area contributed by atoms with E-state index < -0.39 is 11.6 Å². The van der Waals surface area contributed by atoms with E-state index >= 15 is 0 Å². The lowest BCUT2D eigenvalue weighted by Crippen LogP contribution is -1.94. The molecule has 0 aromatic heterocycles. The number of benzene rings is 1. The molecule has 0 N–H and O–H groups in total. The lowest BCUT2D eigenvalue weighted by molar-refractivity contribution is 0.358. The second-order valence-electron chi connectivity index (χ2n) is 2.25. The van der Waals surface area contributed by atoms with Gasteiger partial charge in [-0.1, -0.05) is 11.6 Å². The van der Waals surface area contributed by atoms with Crippen LogP contribution in [0.1, 0.15) is 0 Å². The third kappa shape index (κ3) is 3.03. The van der Waals surface area contributed by atoms with Gasteiger partial charge < -0.3 is 4.74 Å². The van der Waals surface area contributed by atoms with Crippen molar-refractivity contribution < 1.29 is 13.5 Å². The minimum atomic E-state index is -0.924.